The second-order valence-corrected chi connectivity index (χ2v) is 10.3. The second kappa shape index (κ2) is 9.93. The molecule has 30 heavy (non-hydrogen) atoms. The molecule has 0 radical (unpaired) electrons. The molecule has 0 unspecified atom stereocenters. The van der Waals surface area contributed by atoms with Gasteiger partial charge in [-0.2, -0.15) is 0 Å². The first-order valence-corrected chi connectivity index (χ1v) is 12.3. The maximum atomic E-state index is 5.99. The fourth-order valence-electron chi connectivity index (χ4n) is 4.22. The third-order valence-electron chi connectivity index (χ3n) is 6.55. The van der Waals surface area contributed by atoms with Crippen molar-refractivity contribution < 1.29 is 0 Å². The molecule has 2 nitrogen and oxygen atoms in total. The summed E-state index contributed by atoms with van der Waals surface area (Å²) in [6.45, 7) is 1.23. The molecule has 0 aliphatic heterocycles. The molecule has 4 N–H and O–H groups in total. The summed E-state index contributed by atoms with van der Waals surface area (Å²) >= 11 is 35.5. The monoisotopic (exact) mass is 526 g/mol. The Kier molecular flexibility index (Phi) is 8.19. The average Bonchev–Trinajstić information content (AvgIpc) is 3.65. The Balaban J connectivity index is 0.000000171. The van der Waals surface area contributed by atoms with E-state index in [2.05, 4.69) is 0 Å². The van der Waals surface area contributed by atoms with Crippen molar-refractivity contribution in [2.75, 3.05) is 24.8 Å². The highest BCUT2D eigenvalue weighted by Crippen LogP contribution is 2.55. The first-order valence-electron chi connectivity index (χ1n) is 9.71. The van der Waals surface area contributed by atoms with Crippen molar-refractivity contribution in [3.8, 4) is 0 Å². The molecule has 2 aliphatic carbocycles. The van der Waals surface area contributed by atoms with Crippen molar-refractivity contribution >= 4 is 69.6 Å². The summed E-state index contributed by atoms with van der Waals surface area (Å²) in [5, 5.41) is 2.33. The number of nitrogens with two attached hydrogens (primary N) is 2. The van der Waals surface area contributed by atoms with E-state index in [1.54, 1.807) is 0 Å². The van der Waals surface area contributed by atoms with Gasteiger partial charge in [-0.05, 0) is 60.1 Å². The van der Waals surface area contributed by atoms with Crippen molar-refractivity contribution in [1.82, 2.24) is 0 Å². The first kappa shape index (κ1) is 24.7. The molecular formula is C22H24Cl6N2. The zero-order chi connectivity index (χ0) is 22.1. The van der Waals surface area contributed by atoms with E-state index in [4.69, 9.17) is 81.1 Å². The molecule has 2 saturated carbocycles. The number of benzene rings is 2. The largest absolute Gasteiger partial charge is 0.330 e. The zero-order valence-electron chi connectivity index (χ0n) is 16.3. The van der Waals surface area contributed by atoms with Gasteiger partial charge in [0, 0.05) is 35.7 Å². The summed E-state index contributed by atoms with van der Waals surface area (Å²) in [6, 6.07) is 11.4. The van der Waals surface area contributed by atoms with Crippen molar-refractivity contribution in [2.24, 2.45) is 23.3 Å². The van der Waals surface area contributed by atoms with Crippen molar-refractivity contribution in [1.29, 1.82) is 0 Å². The predicted molar refractivity (Wildman–Crippen MR) is 132 cm³/mol. The van der Waals surface area contributed by atoms with Crippen LogP contribution < -0.4 is 11.5 Å². The first-order chi connectivity index (χ1) is 14.3. The number of halogens is 6. The van der Waals surface area contributed by atoms with E-state index < -0.39 is 0 Å². The maximum absolute atomic E-state index is 5.99. The lowest BCUT2D eigenvalue weighted by atomic mass is 9.94. The lowest BCUT2D eigenvalue weighted by Gasteiger charge is -2.15. The van der Waals surface area contributed by atoms with Gasteiger partial charge in [0.05, 0.1) is 20.1 Å². The van der Waals surface area contributed by atoms with Gasteiger partial charge in [0.2, 0.25) is 0 Å². The molecule has 4 atom stereocenters. The highest BCUT2D eigenvalue weighted by Gasteiger charge is 2.54. The lowest BCUT2D eigenvalue weighted by Crippen LogP contribution is -2.22. The van der Waals surface area contributed by atoms with Crippen LogP contribution in [0.5, 0.6) is 0 Å². The third kappa shape index (κ3) is 4.72. The third-order valence-corrected chi connectivity index (χ3v) is 8.78. The fourth-order valence-corrected chi connectivity index (χ4v) is 5.63. The second-order valence-electron chi connectivity index (χ2n) is 8.09. The molecule has 2 aliphatic rings. The van der Waals surface area contributed by atoms with Crippen LogP contribution >= 0.6 is 69.6 Å². The van der Waals surface area contributed by atoms with Crippen molar-refractivity contribution in [3.05, 3.63) is 67.6 Å². The van der Waals surface area contributed by atoms with E-state index >= 15 is 0 Å². The van der Waals surface area contributed by atoms with Gasteiger partial charge in [-0.1, -0.05) is 58.5 Å². The molecule has 0 spiro atoms. The molecule has 0 amide bonds. The molecular weight excluding hydrogens is 505 g/mol. The average molecular weight is 529 g/mol. The number of hydrogen-bond acceptors (Lipinski definition) is 2. The van der Waals surface area contributed by atoms with Gasteiger partial charge in [-0.25, -0.2) is 0 Å². The highest BCUT2D eigenvalue weighted by molar-refractivity contribution is 6.42. The molecule has 0 aromatic heterocycles. The number of hydrogen-bond donors (Lipinski definition) is 2. The van der Waals surface area contributed by atoms with E-state index in [0.29, 0.717) is 56.8 Å². The van der Waals surface area contributed by atoms with Gasteiger partial charge < -0.3 is 11.5 Å². The molecule has 4 rings (SSSR count). The maximum Gasteiger partial charge on any atom is 0.0595 e. The van der Waals surface area contributed by atoms with Crippen LogP contribution in [-0.2, 0) is 10.8 Å². The van der Waals surface area contributed by atoms with Gasteiger partial charge >= 0.3 is 0 Å². The van der Waals surface area contributed by atoms with E-state index in [1.165, 1.54) is 0 Å². The summed E-state index contributed by atoms with van der Waals surface area (Å²) in [7, 11) is 0. The summed E-state index contributed by atoms with van der Waals surface area (Å²) in [6.07, 6.45) is 2.09. The van der Waals surface area contributed by atoms with Gasteiger partial charge in [-0.3, -0.25) is 0 Å². The normalized spacial score (nSPS) is 29.2. The van der Waals surface area contributed by atoms with E-state index in [1.807, 2.05) is 36.4 Å². The Morgan fingerprint density at radius 2 is 1.03 bits per heavy atom. The van der Waals surface area contributed by atoms with Gasteiger partial charge in [0.15, 0.2) is 0 Å². The minimum absolute atomic E-state index is 0.0377. The summed E-state index contributed by atoms with van der Waals surface area (Å²) < 4.78 is 0. The Labute approximate surface area is 208 Å². The summed E-state index contributed by atoms with van der Waals surface area (Å²) in [5.74, 6) is 2.25. The van der Waals surface area contributed by atoms with E-state index in [0.717, 1.165) is 24.0 Å². The topological polar surface area (TPSA) is 52.0 Å². The molecule has 2 aromatic carbocycles. The highest BCUT2D eigenvalue weighted by atomic mass is 35.5. The van der Waals surface area contributed by atoms with Crippen LogP contribution in [0, 0.1) is 11.8 Å². The molecule has 8 heteroatoms. The Bertz CT molecular complexity index is 834. The summed E-state index contributed by atoms with van der Waals surface area (Å²) in [4.78, 5) is 0. The van der Waals surface area contributed by atoms with E-state index in [9.17, 15) is 0 Å². The van der Waals surface area contributed by atoms with E-state index in [-0.39, 0.29) is 10.8 Å². The van der Waals surface area contributed by atoms with Crippen LogP contribution in [0.3, 0.4) is 0 Å². The Morgan fingerprint density at radius 1 is 0.667 bits per heavy atom. The van der Waals surface area contributed by atoms with Gasteiger partial charge in [-0.15, -0.1) is 23.2 Å². The van der Waals surface area contributed by atoms with Crippen LogP contribution in [0.4, 0.5) is 0 Å². The summed E-state index contributed by atoms with van der Waals surface area (Å²) in [5.41, 5.74) is 14.0. The predicted octanol–water partition coefficient (Wildman–Crippen LogP) is 6.90. The molecule has 0 heterocycles. The minimum Gasteiger partial charge on any atom is -0.330 e. The Hall–Kier alpha value is 0.1000. The smallest absolute Gasteiger partial charge is 0.0595 e. The van der Waals surface area contributed by atoms with Gasteiger partial charge in [0.25, 0.3) is 0 Å². The van der Waals surface area contributed by atoms with Crippen LogP contribution in [0.25, 0.3) is 0 Å². The number of alkyl halides is 2. The molecule has 2 fully saturated rings. The standard InChI is InChI=1S/2C11H12Cl3N/c2*12-5-8-4-11(8,6-15)7-1-2-9(13)10(14)3-7/h2*1-3,8H,4-6,15H2/t8-,11+;8-,11-/m00/s1. The molecule has 0 bridgehead atoms. The van der Waals surface area contributed by atoms with Crippen molar-refractivity contribution in [3.63, 3.8) is 0 Å². The fraction of sp³-hybridized carbons (Fsp3) is 0.455. The zero-order valence-corrected chi connectivity index (χ0v) is 20.8. The Morgan fingerprint density at radius 3 is 1.27 bits per heavy atom. The molecule has 2 aromatic rings. The minimum atomic E-state index is 0.0377. The lowest BCUT2D eigenvalue weighted by molar-refractivity contribution is 0.644. The molecule has 0 saturated heterocycles. The van der Waals surface area contributed by atoms with Crippen LogP contribution in [0.1, 0.15) is 24.0 Å². The molecule has 164 valence electrons. The quantitative estimate of drug-likeness (QED) is 0.401. The SMILES string of the molecule is NC[C@@]1(c2ccc(Cl)c(Cl)c2)C[C@H]1CCl.NC[C@]1(c2ccc(Cl)c(Cl)c2)C[C@H]1CCl. The van der Waals surface area contributed by atoms with Crippen LogP contribution in [0.15, 0.2) is 36.4 Å². The number of rotatable bonds is 6. The van der Waals surface area contributed by atoms with Crippen LogP contribution in [-0.4, -0.2) is 24.8 Å². The van der Waals surface area contributed by atoms with Gasteiger partial charge in [0.1, 0.15) is 0 Å². The van der Waals surface area contributed by atoms with Crippen LogP contribution in [0.2, 0.25) is 20.1 Å². The van der Waals surface area contributed by atoms with Crippen molar-refractivity contribution in [2.45, 2.75) is 23.7 Å².